The Bertz CT molecular complexity index is 842. The molecule has 2 aromatic rings. The topological polar surface area (TPSA) is 105 Å². The molecule has 0 aliphatic rings. The van der Waals surface area contributed by atoms with Crippen LogP contribution in [0.1, 0.15) is 29.3 Å². The molecule has 28 heavy (non-hydrogen) atoms. The molecular weight excluding hydrogens is 360 g/mol. The van der Waals surface area contributed by atoms with Crippen LogP contribution in [-0.2, 0) is 9.59 Å². The van der Waals surface area contributed by atoms with Crippen LogP contribution in [0.5, 0.6) is 11.5 Å². The molecular formula is C21H22N2O5. The molecule has 2 rings (SSSR count). The van der Waals surface area contributed by atoms with Gasteiger partial charge >= 0.3 is 5.97 Å². The molecule has 146 valence electrons. The number of carbonyl (C=O) groups excluding carboxylic acids is 3. The van der Waals surface area contributed by atoms with E-state index in [1.54, 1.807) is 30.3 Å². The molecule has 0 aliphatic heterocycles. The predicted molar refractivity (Wildman–Crippen MR) is 105 cm³/mol. The van der Waals surface area contributed by atoms with Crippen LogP contribution in [0.4, 0.5) is 0 Å². The minimum absolute atomic E-state index is 0.104. The smallest absolute Gasteiger partial charge is 0.308 e. The number of ether oxygens (including phenoxy) is 1. The summed E-state index contributed by atoms with van der Waals surface area (Å²) in [5, 5.41) is 14.7. The zero-order chi connectivity index (χ0) is 20.4. The molecule has 0 bridgehead atoms. The predicted octanol–water partition coefficient (Wildman–Crippen LogP) is 2.27. The lowest BCUT2D eigenvalue weighted by molar-refractivity contribution is -0.131. The fourth-order valence-corrected chi connectivity index (χ4v) is 2.26. The molecule has 0 heterocycles. The number of phenols is 1. The van der Waals surface area contributed by atoms with Crippen molar-refractivity contribution in [3.8, 4) is 11.5 Å². The highest BCUT2D eigenvalue weighted by Crippen LogP contribution is 2.13. The first-order valence-corrected chi connectivity index (χ1v) is 8.75. The molecule has 3 N–H and O–H groups in total. The minimum atomic E-state index is -0.387. The standard InChI is InChI=1S/C21H22N2O5/c1-15(24)28-19-10-3-16(4-11-19)5-12-20(26)22-13-2-14-23-21(27)17-6-8-18(25)9-7-17/h3-12,25H,2,13-14H2,1H3,(H,22,26)(H,23,27)/b12-5+. The van der Waals surface area contributed by atoms with E-state index >= 15 is 0 Å². The van der Waals surface area contributed by atoms with Crippen molar-refractivity contribution >= 4 is 23.9 Å². The molecule has 0 unspecified atom stereocenters. The van der Waals surface area contributed by atoms with Crippen molar-refractivity contribution in [2.75, 3.05) is 13.1 Å². The third kappa shape index (κ3) is 7.33. The van der Waals surface area contributed by atoms with Gasteiger partial charge < -0.3 is 20.5 Å². The first-order chi connectivity index (χ1) is 13.4. The molecule has 2 aromatic carbocycles. The molecule has 0 saturated heterocycles. The molecule has 0 radical (unpaired) electrons. The van der Waals surface area contributed by atoms with Crippen molar-refractivity contribution in [3.05, 3.63) is 65.7 Å². The maximum Gasteiger partial charge on any atom is 0.308 e. The van der Waals surface area contributed by atoms with Gasteiger partial charge in [0.05, 0.1) is 0 Å². The second-order valence-corrected chi connectivity index (χ2v) is 5.94. The number of nitrogens with one attached hydrogen (secondary N) is 2. The highest BCUT2D eigenvalue weighted by Gasteiger charge is 2.04. The number of aromatic hydroxyl groups is 1. The molecule has 0 aliphatic carbocycles. The lowest BCUT2D eigenvalue weighted by atomic mass is 10.2. The first kappa shape index (κ1) is 20.7. The summed E-state index contributed by atoms with van der Waals surface area (Å²) in [6.45, 7) is 2.17. The van der Waals surface area contributed by atoms with E-state index in [-0.39, 0.29) is 23.5 Å². The van der Waals surface area contributed by atoms with Crippen LogP contribution >= 0.6 is 0 Å². The van der Waals surface area contributed by atoms with Crippen molar-refractivity contribution in [2.24, 2.45) is 0 Å². The zero-order valence-corrected chi connectivity index (χ0v) is 15.5. The van der Waals surface area contributed by atoms with Gasteiger partial charge in [0.15, 0.2) is 0 Å². The van der Waals surface area contributed by atoms with Crippen molar-refractivity contribution in [1.29, 1.82) is 0 Å². The van der Waals surface area contributed by atoms with E-state index in [0.29, 0.717) is 30.8 Å². The Morgan fingerprint density at radius 3 is 2.25 bits per heavy atom. The van der Waals surface area contributed by atoms with Crippen molar-refractivity contribution in [1.82, 2.24) is 10.6 Å². The van der Waals surface area contributed by atoms with Gasteiger partial charge in [0.1, 0.15) is 11.5 Å². The minimum Gasteiger partial charge on any atom is -0.508 e. The Morgan fingerprint density at radius 1 is 0.964 bits per heavy atom. The van der Waals surface area contributed by atoms with E-state index in [9.17, 15) is 19.5 Å². The van der Waals surface area contributed by atoms with Gasteiger partial charge in [-0.25, -0.2) is 0 Å². The van der Waals surface area contributed by atoms with Gasteiger partial charge in [0.25, 0.3) is 5.91 Å². The number of phenolic OH excluding ortho intramolecular Hbond substituents is 1. The van der Waals surface area contributed by atoms with Crippen molar-refractivity contribution in [3.63, 3.8) is 0 Å². The average Bonchev–Trinajstić information content (AvgIpc) is 2.67. The second-order valence-electron chi connectivity index (χ2n) is 5.94. The number of amides is 2. The molecule has 0 saturated carbocycles. The van der Waals surface area contributed by atoms with E-state index in [4.69, 9.17) is 4.74 Å². The van der Waals surface area contributed by atoms with Gasteiger partial charge in [0.2, 0.25) is 5.91 Å². The molecule has 0 atom stereocenters. The van der Waals surface area contributed by atoms with Gasteiger partial charge in [-0.3, -0.25) is 14.4 Å². The lowest BCUT2D eigenvalue weighted by Crippen LogP contribution is -2.29. The Balaban J connectivity index is 1.65. The Morgan fingerprint density at radius 2 is 1.61 bits per heavy atom. The molecule has 0 fully saturated rings. The third-order valence-corrected chi connectivity index (χ3v) is 3.64. The summed E-state index contributed by atoms with van der Waals surface area (Å²) in [5.74, 6) is -0.310. The Kier molecular flexibility index (Phi) is 7.77. The van der Waals surface area contributed by atoms with Crippen LogP contribution in [0.2, 0.25) is 0 Å². The number of carbonyl (C=O) groups is 3. The maximum absolute atomic E-state index is 11.9. The zero-order valence-electron chi connectivity index (χ0n) is 15.5. The summed E-state index contributed by atoms with van der Waals surface area (Å²) in [4.78, 5) is 34.5. The normalized spacial score (nSPS) is 10.5. The van der Waals surface area contributed by atoms with Crippen LogP contribution < -0.4 is 15.4 Å². The van der Waals surface area contributed by atoms with Crippen LogP contribution in [0.25, 0.3) is 6.08 Å². The molecule has 0 aromatic heterocycles. The van der Waals surface area contributed by atoms with Crippen LogP contribution in [0, 0.1) is 0 Å². The van der Waals surface area contributed by atoms with Crippen molar-refractivity contribution < 1.29 is 24.2 Å². The summed E-state index contributed by atoms with van der Waals surface area (Å²) in [7, 11) is 0. The quantitative estimate of drug-likeness (QED) is 0.281. The largest absolute Gasteiger partial charge is 0.508 e. The first-order valence-electron chi connectivity index (χ1n) is 8.75. The fraction of sp³-hybridized carbons (Fsp3) is 0.190. The monoisotopic (exact) mass is 382 g/mol. The third-order valence-electron chi connectivity index (χ3n) is 3.64. The second kappa shape index (κ2) is 10.5. The number of benzene rings is 2. The number of esters is 1. The summed E-state index contributed by atoms with van der Waals surface area (Å²) >= 11 is 0. The highest BCUT2D eigenvalue weighted by molar-refractivity contribution is 5.94. The van der Waals surface area contributed by atoms with E-state index in [0.717, 1.165) is 5.56 Å². The Labute approximate surface area is 163 Å². The van der Waals surface area contributed by atoms with Crippen LogP contribution in [-0.4, -0.2) is 36.0 Å². The van der Waals surface area contributed by atoms with Crippen molar-refractivity contribution in [2.45, 2.75) is 13.3 Å². The number of hydrogen-bond donors (Lipinski definition) is 3. The average molecular weight is 382 g/mol. The molecule has 7 heteroatoms. The summed E-state index contributed by atoms with van der Waals surface area (Å²) in [5.41, 5.74) is 1.26. The highest BCUT2D eigenvalue weighted by atomic mass is 16.5. The van der Waals surface area contributed by atoms with Crippen LogP contribution in [0.15, 0.2) is 54.6 Å². The van der Waals surface area contributed by atoms with E-state index in [1.165, 1.54) is 37.3 Å². The summed E-state index contributed by atoms with van der Waals surface area (Å²) < 4.78 is 4.94. The van der Waals surface area contributed by atoms with Gasteiger partial charge in [0, 0.05) is 31.7 Å². The summed E-state index contributed by atoms with van der Waals surface area (Å²) in [6, 6.07) is 12.7. The SMILES string of the molecule is CC(=O)Oc1ccc(/C=C/C(=O)NCCCNC(=O)c2ccc(O)cc2)cc1. The summed E-state index contributed by atoms with van der Waals surface area (Å²) in [6.07, 6.45) is 3.65. The number of hydrogen-bond acceptors (Lipinski definition) is 5. The lowest BCUT2D eigenvalue weighted by Gasteiger charge is -2.06. The van der Waals surface area contributed by atoms with E-state index < -0.39 is 0 Å². The Hall–Kier alpha value is -3.61. The van der Waals surface area contributed by atoms with E-state index in [1.807, 2.05) is 0 Å². The van der Waals surface area contributed by atoms with Gasteiger partial charge in [-0.15, -0.1) is 0 Å². The maximum atomic E-state index is 11.9. The molecule has 0 spiro atoms. The fourth-order valence-electron chi connectivity index (χ4n) is 2.26. The van der Waals surface area contributed by atoms with E-state index in [2.05, 4.69) is 10.6 Å². The van der Waals surface area contributed by atoms with Crippen LogP contribution in [0.3, 0.4) is 0 Å². The molecule has 2 amide bonds. The number of rotatable bonds is 8. The van der Waals surface area contributed by atoms with Gasteiger partial charge in [-0.05, 0) is 54.5 Å². The van der Waals surface area contributed by atoms with Gasteiger partial charge in [-0.2, -0.15) is 0 Å². The van der Waals surface area contributed by atoms with Gasteiger partial charge in [-0.1, -0.05) is 12.1 Å². The molecule has 7 nitrogen and oxygen atoms in total.